The lowest BCUT2D eigenvalue weighted by Crippen LogP contribution is -2.12. The van der Waals surface area contributed by atoms with Crippen molar-refractivity contribution in [1.82, 2.24) is 4.98 Å². The Morgan fingerprint density at radius 3 is 2.57 bits per heavy atom. The molecule has 2 N–H and O–H groups in total. The highest BCUT2D eigenvalue weighted by atomic mass is 35.5. The van der Waals surface area contributed by atoms with Gasteiger partial charge < -0.3 is 10.1 Å². The van der Waals surface area contributed by atoms with Gasteiger partial charge in [0.15, 0.2) is 5.13 Å². The number of anilines is 2. The smallest absolute Gasteiger partial charge is 0.267 e. The summed E-state index contributed by atoms with van der Waals surface area (Å²) in [5.74, 6) is 0.218. The second-order valence-corrected chi connectivity index (χ2v) is 8.80. The van der Waals surface area contributed by atoms with Crippen LogP contribution < -0.4 is 14.8 Å². The number of rotatable bonds is 6. The maximum atomic E-state index is 12.5. The van der Waals surface area contributed by atoms with Gasteiger partial charge in [-0.05, 0) is 43.3 Å². The summed E-state index contributed by atoms with van der Waals surface area (Å²) in [7, 11) is -2.30. The molecule has 0 saturated heterocycles. The first-order chi connectivity index (χ1) is 13.3. The number of halogens is 1. The monoisotopic (exact) mass is 437 g/mol. The van der Waals surface area contributed by atoms with Gasteiger partial charge in [-0.3, -0.25) is 9.52 Å². The molecule has 1 amide bonds. The highest BCUT2D eigenvalue weighted by Gasteiger charge is 2.20. The second kappa shape index (κ2) is 8.17. The van der Waals surface area contributed by atoms with Gasteiger partial charge in [0.25, 0.3) is 15.9 Å². The van der Waals surface area contributed by atoms with Gasteiger partial charge in [0, 0.05) is 16.8 Å². The van der Waals surface area contributed by atoms with Gasteiger partial charge in [-0.15, -0.1) is 0 Å². The summed E-state index contributed by atoms with van der Waals surface area (Å²) in [6.45, 7) is 1.64. The fourth-order valence-corrected chi connectivity index (χ4v) is 4.55. The van der Waals surface area contributed by atoms with Gasteiger partial charge in [0.05, 0.1) is 17.7 Å². The molecule has 0 aliphatic heterocycles. The molecule has 2 aromatic carbocycles. The number of amides is 1. The van der Waals surface area contributed by atoms with E-state index in [4.69, 9.17) is 16.3 Å². The van der Waals surface area contributed by atoms with Crippen molar-refractivity contribution >= 4 is 49.7 Å². The van der Waals surface area contributed by atoms with Gasteiger partial charge in [-0.1, -0.05) is 29.0 Å². The van der Waals surface area contributed by atoms with Crippen LogP contribution in [-0.4, -0.2) is 26.4 Å². The fourth-order valence-electron chi connectivity index (χ4n) is 2.33. The maximum absolute atomic E-state index is 12.5. The number of thiazole rings is 1. The Bertz CT molecular complexity index is 1110. The minimum absolute atomic E-state index is 0.0483. The summed E-state index contributed by atoms with van der Waals surface area (Å²) >= 11 is 6.74. The first-order valence-corrected chi connectivity index (χ1v) is 10.7. The molecular formula is C18H16ClN3O4S2. The third-order valence-electron chi connectivity index (χ3n) is 3.68. The molecule has 0 atom stereocenters. The van der Waals surface area contributed by atoms with E-state index < -0.39 is 10.0 Å². The number of nitrogens with zero attached hydrogens (tertiary/aromatic N) is 1. The zero-order chi connectivity index (χ0) is 20.3. The van der Waals surface area contributed by atoms with Crippen molar-refractivity contribution in [2.45, 2.75) is 11.8 Å². The number of nitrogens with one attached hydrogen (secondary N) is 2. The predicted molar refractivity (Wildman–Crippen MR) is 110 cm³/mol. The van der Waals surface area contributed by atoms with Crippen molar-refractivity contribution in [2.75, 3.05) is 17.1 Å². The molecule has 28 heavy (non-hydrogen) atoms. The van der Waals surface area contributed by atoms with E-state index >= 15 is 0 Å². The van der Waals surface area contributed by atoms with Crippen LogP contribution in [0.25, 0.3) is 0 Å². The number of hydrogen-bond acceptors (Lipinski definition) is 6. The molecule has 7 nitrogen and oxygen atoms in total. The largest absolute Gasteiger partial charge is 0.497 e. The molecule has 3 rings (SSSR count). The number of sulfonamides is 1. The van der Waals surface area contributed by atoms with Gasteiger partial charge in [-0.25, -0.2) is 13.4 Å². The summed E-state index contributed by atoms with van der Waals surface area (Å²) in [5.41, 5.74) is 0.972. The SMILES string of the molecule is COc1cccc(NC(=O)c2sc(NS(=O)(=O)c3ccc(Cl)cc3)nc2C)c1. The van der Waals surface area contributed by atoms with Gasteiger partial charge >= 0.3 is 0 Å². The summed E-state index contributed by atoms with van der Waals surface area (Å²) < 4.78 is 32.4. The molecule has 10 heteroatoms. The minimum Gasteiger partial charge on any atom is -0.497 e. The molecule has 0 bridgehead atoms. The number of benzene rings is 2. The quantitative estimate of drug-likeness (QED) is 0.603. The third kappa shape index (κ3) is 4.61. The van der Waals surface area contributed by atoms with Crippen molar-refractivity contribution < 1.29 is 17.9 Å². The molecule has 0 radical (unpaired) electrons. The van der Waals surface area contributed by atoms with Crippen molar-refractivity contribution in [3.05, 3.63) is 64.1 Å². The molecule has 0 saturated carbocycles. The lowest BCUT2D eigenvalue weighted by Gasteiger charge is -2.06. The fraction of sp³-hybridized carbons (Fsp3) is 0.111. The Labute approximate surface area is 171 Å². The van der Waals surface area contributed by atoms with Gasteiger partial charge in [0.1, 0.15) is 10.6 Å². The number of hydrogen-bond donors (Lipinski definition) is 2. The van der Waals surface area contributed by atoms with E-state index in [1.54, 1.807) is 31.2 Å². The van der Waals surface area contributed by atoms with E-state index in [-0.39, 0.29) is 15.9 Å². The first-order valence-electron chi connectivity index (χ1n) is 8.00. The Hall–Kier alpha value is -2.62. The van der Waals surface area contributed by atoms with Crippen molar-refractivity contribution in [1.29, 1.82) is 0 Å². The Morgan fingerprint density at radius 1 is 1.18 bits per heavy atom. The lowest BCUT2D eigenvalue weighted by atomic mass is 10.3. The van der Waals surface area contributed by atoms with Crippen LogP contribution in [0.3, 0.4) is 0 Å². The third-order valence-corrected chi connectivity index (χ3v) is 6.48. The van der Waals surface area contributed by atoms with Crippen molar-refractivity contribution in [3.63, 3.8) is 0 Å². The highest BCUT2D eigenvalue weighted by molar-refractivity contribution is 7.93. The maximum Gasteiger partial charge on any atom is 0.267 e. The number of carbonyl (C=O) groups excluding carboxylic acids is 1. The van der Waals surface area contributed by atoms with Crippen LogP contribution in [0.15, 0.2) is 53.4 Å². The summed E-state index contributed by atoms with van der Waals surface area (Å²) in [6, 6.07) is 12.7. The topological polar surface area (TPSA) is 97.4 Å². The minimum atomic E-state index is -3.84. The zero-order valence-corrected chi connectivity index (χ0v) is 17.3. The van der Waals surface area contributed by atoms with E-state index in [2.05, 4.69) is 15.0 Å². The number of carbonyl (C=O) groups is 1. The number of aromatic nitrogens is 1. The van der Waals surface area contributed by atoms with E-state index in [1.807, 2.05) is 0 Å². The summed E-state index contributed by atoms with van der Waals surface area (Å²) in [6.07, 6.45) is 0. The van der Waals surface area contributed by atoms with Crippen LogP contribution in [0.1, 0.15) is 15.4 Å². The van der Waals surface area contributed by atoms with Gasteiger partial charge in [-0.2, -0.15) is 0 Å². The number of aryl methyl sites for hydroxylation is 1. The molecule has 0 unspecified atom stereocenters. The van der Waals surface area contributed by atoms with Crippen LogP contribution in [0.2, 0.25) is 5.02 Å². The molecule has 1 heterocycles. The van der Waals surface area contributed by atoms with Crippen LogP contribution >= 0.6 is 22.9 Å². The van der Waals surface area contributed by atoms with Crippen molar-refractivity contribution in [2.24, 2.45) is 0 Å². The molecule has 0 fully saturated rings. The molecule has 1 aromatic heterocycles. The molecule has 0 spiro atoms. The van der Waals surface area contributed by atoms with E-state index in [0.29, 0.717) is 27.0 Å². The molecule has 0 aliphatic carbocycles. The van der Waals surface area contributed by atoms with E-state index in [9.17, 15) is 13.2 Å². The van der Waals surface area contributed by atoms with Gasteiger partial charge in [0.2, 0.25) is 0 Å². The van der Waals surface area contributed by atoms with Crippen molar-refractivity contribution in [3.8, 4) is 5.75 Å². The number of ether oxygens (including phenoxy) is 1. The molecule has 3 aromatic rings. The van der Waals surface area contributed by atoms with Crippen LogP contribution in [0.4, 0.5) is 10.8 Å². The summed E-state index contributed by atoms with van der Waals surface area (Å²) in [4.78, 5) is 17.1. The van der Waals surface area contributed by atoms with Crippen LogP contribution in [-0.2, 0) is 10.0 Å². The van der Waals surface area contributed by atoms with E-state index in [1.165, 1.54) is 31.4 Å². The normalized spacial score (nSPS) is 11.1. The highest BCUT2D eigenvalue weighted by Crippen LogP contribution is 2.27. The molecule has 146 valence electrons. The average Bonchev–Trinajstić information content (AvgIpc) is 3.01. The lowest BCUT2D eigenvalue weighted by molar-refractivity contribution is 0.103. The Kier molecular flexibility index (Phi) is 5.87. The second-order valence-electron chi connectivity index (χ2n) is 5.68. The molecular weight excluding hydrogens is 422 g/mol. The molecule has 0 aliphatic rings. The average molecular weight is 438 g/mol. The Morgan fingerprint density at radius 2 is 1.89 bits per heavy atom. The van der Waals surface area contributed by atoms with Crippen LogP contribution in [0, 0.1) is 6.92 Å². The predicted octanol–water partition coefficient (Wildman–Crippen LogP) is 4.17. The zero-order valence-electron chi connectivity index (χ0n) is 14.9. The number of methoxy groups -OCH3 is 1. The standard InChI is InChI=1S/C18H16ClN3O4S2/c1-11-16(17(23)21-13-4-3-5-14(10-13)26-2)27-18(20-11)22-28(24,25)15-8-6-12(19)7-9-15/h3-10H,1-2H3,(H,20,22)(H,21,23). The van der Waals surface area contributed by atoms with Crippen LogP contribution in [0.5, 0.6) is 5.75 Å². The Balaban J connectivity index is 1.78. The first kappa shape index (κ1) is 20.1. The summed E-state index contributed by atoms with van der Waals surface area (Å²) in [5, 5.41) is 3.28. The van der Waals surface area contributed by atoms with E-state index in [0.717, 1.165) is 11.3 Å².